The maximum absolute atomic E-state index is 9.95. The Morgan fingerprint density at radius 3 is 2.48 bits per heavy atom. The summed E-state index contributed by atoms with van der Waals surface area (Å²) in [7, 11) is 3.10. The predicted octanol–water partition coefficient (Wildman–Crippen LogP) is 1.52. The zero-order valence-corrected chi connectivity index (χ0v) is 13.4. The Bertz CT molecular complexity index is 714. The smallest absolute Gasteiger partial charge is 0.161 e. The fourth-order valence-electron chi connectivity index (χ4n) is 3.23. The summed E-state index contributed by atoms with van der Waals surface area (Å²) < 4.78 is 10.3. The summed E-state index contributed by atoms with van der Waals surface area (Å²) >= 11 is 0. The van der Waals surface area contributed by atoms with Crippen LogP contribution in [0.1, 0.15) is 22.7 Å². The van der Waals surface area contributed by atoms with Crippen LogP contribution in [0, 0.1) is 0 Å². The van der Waals surface area contributed by atoms with Crippen LogP contribution in [0.2, 0.25) is 0 Å². The van der Waals surface area contributed by atoms with E-state index in [0.29, 0.717) is 11.5 Å². The Balaban J connectivity index is 1.89. The molecule has 0 aliphatic carbocycles. The minimum atomic E-state index is 0.157. The van der Waals surface area contributed by atoms with Crippen LogP contribution < -0.4 is 14.8 Å². The van der Waals surface area contributed by atoms with Gasteiger partial charge in [0, 0.05) is 18.4 Å². The van der Waals surface area contributed by atoms with Crippen molar-refractivity contribution >= 4 is 0 Å². The molecule has 0 bridgehead atoms. The third kappa shape index (κ3) is 3.05. The Kier molecular flexibility index (Phi) is 4.30. The van der Waals surface area contributed by atoms with E-state index in [-0.39, 0.29) is 17.5 Å². The van der Waals surface area contributed by atoms with Gasteiger partial charge in [0.1, 0.15) is 6.04 Å². The zero-order valence-electron chi connectivity index (χ0n) is 13.4. The van der Waals surface area contributed by atoms with Crippen molar-refractivity contribution in [3.63, 3.8) is 0 Å². The summed E-state index contributed by atoms with van der Waals surface area (Å²) in [6.07, 6.45) is 1.72. The van der Waals surface area contributed by atoms with E-state index in [9.17, 15) is 10.2 Å². The lowest BCUT2D eigenvalue weighted by Crippen LogP contribution is -2.87. The molecule has 1 atom stereocenters. The highest BCUT2D eigenvalue weighted by molar-refractivity contribution is 5.48. The second kappa shape index (κ2) is 6.38. The third-order valence-electron chi connectivity index (χ3n) is 4.40. The molecular formula is C18H22NO4+. The molecule has 4 N–H and O–H groups in total. The van der Waals surface area contributed by atoms with E-state index in [1.807, 2.05) is 12.1 Å². The largest absolute Gasteiger partial charge is 0.504 e. The number of phenolic OH excluding ortho intramolecular Hbond substituents is 2. The lowest BCUT2D eigenvalue weighted by Gasteiger charge is -2.25. The number of phenols is 2. The number of quaternary nitrogens is 1. The normalized spacial score (nSPS) is 16.7. The van der Waals surface area contributed by atoms with Crippen molar-refractivity contribution in [1.82, 2.24) is 0 Å². The van der Waals surface area contributed by atoms with Gasteiger partial charge in [-0.2, -0.15) is 0 Å². The van der Waals surface area contributed by atoms with E-state index < -0.39 is 0 Å². The van der Waals surface area contributed by atoms with E-state index in [2.05, 4.69) is 5.32 Å². The minimum absolute atomic E-state index is 0.157. The maximum Gasteiger partial charge on any atom is 0.161 e. The zero-order chi connectivity index (χ0) is 16.4. The van der Waals surface area contributed by atoms with E-state index in [0.717, 1.165) is 30.5 Å². The van der Waals surface area contributed by atoms with Crippen molar-refractivity contribution in [3.05, 3.63) is 47.0 Å². The molecule has 0 radical (unpaired) electrons. The SMILES string of the molecule is COc1ccc(C[C@H]2[NH2+]CCc3cc(O)c(OC)cc32)cc1O. The number of hydrogen-bond donors (Lipinski definition) is 3. The molecule has 3 rings (SSSR count). The molecule has 5 heteroatoms. The van der Waals surface area contributed by atoms with Crippen LogP contribution in [0.5, 0.6) is 23.0 Å². The van der Waals surface area contributed by atoms with Crippen LogP contribution in [-0.4, -0.2) is 31.0 Å². The number of fused-ring (bicyclic) bond motifs is 1. The summed E-state index contributed by atoms with van der Waals surface area (Å²) in [5, 5.41) is 22.2. The Labute approximate surface area is 135 Å². The van der Waals surface area contributed by atoms with E-state index >= 15 is 0 Å². The highest BCUT2D eigenvalue weighted by atomic mass is 16.5. The number of hydrogen-bond acceptors (Lipinski definition) is 4. The van der Waals surface area contributed by atoms with Gasteiger partial charge in [-0.1, -0.05) is 6.07 Å². The fourth-order valence-corrected chi connectivity index (χ4v) is 3.23. The van der Waals surface area contributed by atoms with Gasteiger partial charge in [-0.15, -0.1) is 0 Å². The van der Waals surface area contributed by atoms with Gasteiger partial charge in [-0.05, 0) is 35.4 Å². The molecule has 122 valence electrons. The first kappa shape index (κ1) is 15.5. The van der Waals surface area contributed by atoms with Crippen molar-refractivity contribution in [1.29, 1.82) is 0 Å². The molecule has 1 aliphatic rings. The van der Waals surface area contributed by atoms with Crippen LogP contribution in [0.4, 0.5) is 0 Å². The predicted molar refractivity (Wildman–Crippen MR) is 86.3 cm³/mol. The summed E-state index contributed by atoms with van der Waals surface area (Å²) in [5.74, 6) is 1.33. The maximum atomic E-state index is 9.95. The standard InChI is InChI=1S/C18H21NO4/c1-22-17-4-3-11(8-15(17)20)7-14-13-10-18(23-2)16(21)9-12(13)5-6-19-14/h3-4,8-10,14,19-21H,5-7H2,1-2H3/p+1/t14-/m1/s1. The summed E-state index contributed by atoms with van der Waals surface area (Å²) in [4.78, 5) is 0. The molecule has 5 nitrogen and oxygen atoms in total. The van der Waals surface area contributed by atoms with Gasteiger partial charge in [-0.25, -0.2) is 0 Å². The first-order chi connectivity index (χ1) is 11.1. The van der Waals surface area contributed by atoms with Gasteiger partial charge in [0.05, 0.1) is 20.8 Å². The van der Waals surface area contributed by atoms with Crippen LogP contribution in [0.15, 0.2) is 30.3 Å². The second-order valence-corrected chi connectivity index (χ2v) is 5.81. The number of aromatic hydroxyl groups is 2. The molecule has 0 unspecified atom stereocenters. The first-order valence-electron chi connectivity index (χ1n) is 7.71. The lowest BCUT2D eigenvalue weighted by atomic mass is 9.90. The average molecular weight is 316 g/mol. The summed E-state index contributed by atoms with van der Waals surface area (Å²) in [6, 6.07) is 9.47. The van der Waals surface area contributed by atoms with E-state index in [4.69, 9.17) is 9.47 Å². The first-order valence-corrected chi connectivity index (χ1v) is 7.71. The monoisotopic (exact) mass is 316 g/mol. The highest BCUT2D eigenvalue weighted by Crippen LogP contribution is 2.34. The van der Waals surface area contributed by atoms with Gasteiger partial charge < -0.3 is 25.0 Å². The quantitative estimate of drug-likeness (QED) is 0.799. The molecular weight excluding hydrogens is 294 g/mol. The van der Waals surface area contributed by atoms with Crippen molar-refractivity contribution in [2.24, 2.45) is 0 Å². The van der Waals surface area contributed by atoms with Crippen molar-refractivity contribution < 1.29 is 25.0 Å². The molecule has 0 amide bonds. The molecule has 0 saturated heterocycles. The number of rotatable bonds is 4. The molecule has 23 heavy (non-hydrogen) atoms. The average Bonchev–Trinajstić information content (AvgIpc) is 2.54. The molecule has 1 heterocycles. The highest BCUT2D eigenvalue weighted by Gasteiger charge is 2.25. The summed E-state index contributed by atoms with van der Waals surface area (Å²) in [6.45, 7) is 0.978. The van der Waals surface area contributed by atoms with Gasteiger partial charge in [0.25, 0.3) is 0 Å². The number of nitrogens with two attached hydrogens (primary N) is 1. The molecule has 2 aromatic rings. The number of benzene rings is 2. The van der Waals surface area contributed by atoms with Gasteiger partial charge in [0.2, 0.25) is 0 Å². The van der Waals surface area contributed by atoms with Crippen LogP contribution in [0.3, 0.4) is 0 Å². The van der Waals surface area contributed by atoms with Crippen LogP contribution in [0.25, 0.3) is 0 Å². The van der Waals surface area contributed by atoms with Gasteiger partial charge in [0.15, 0.2) is 23.0 Å². The fraction of sp³-hybridized carbons (Fsp3) is 0.333. The second-order valence-electron chi connectivity index (χ2n) is 5.81. The number of methoxy groups -OCH3 is 2. The van der Waals surface area contributed by atoms with Gasteiger partial charge >= 0.3 is 0 Å². The lowest BCUT2D eigenvalue weighted by molar-refractivity contribution is -0.698. The molecule has 0 aromatic heterocycles. The van der Waals surface area contributed by atoms with Crippen LogP contribution >= 0.6 is 0 Å². The Hall–Kier alpha value is -2.40. The number of ether oxygens (including phenoxy) is 2. The van der Waals surface area contributed by atoms with E-state index in [1.54, 1.807) is 32.4 Å². The van der Waals surface area contributed by atoms with Crippen molar-refractivity contribution in [2.75, 3.05) is 20.8 Å². The van der Waals surface area contributed by atoms with Gasteiger partial charge in [-0.3, -0.25) is 0 Å². The molecule has 0 saturated carbocycles. The van der Waals surface area contributed by atoms with Crippen LogP contribution in [-0.2, 0) is 12.8 Å². The molecule has 2 aromatic carbocycles. The Morgan fingerprint density at radius 2 is 1.78 bits per heavy atom. The van der Waals surface area contributed by atoms with Crippen molar-refractivity contribution in [3.8, 4) is 23.0 Å². The summed E-state index contributed by atoms with van der Waals surface area (Å²) in [5.41, 5.74) is 3.39. The molecule has 0 fully saturated rings. The van der Waals surface area contributed by atoms with E-state index in [1.165, 1.54) is 5.56 Å². The van der Waals surface area contributed by atoms with Crippen molar-refractivity contribution in [2.45, 2.75) is 18.9 Å². The third-order valence-corrected chi connectivity index (χ3v) is 4.40. The minimum Gasteiger partial charge on any atom is -0.504 e. The Morgan fingerprint density at radius 1 is 1.04 bits per heavy atom. The molecule has 0 spiro atoms. The molecule has 1 aliphatic heterocycles. The topological polar surface area (TPSA) is 75.5 Å².